The van der Waals surface area contributed by atoms with E-state index in [1.165, 1.54) is 0 Å². The molecular formula is C31H32ClN2NaO4S. The van der Waals surface area contributed by atoms with Crippen LogP contribution in [0.15, 0.2) is 78.9 Å². The zero-order valence-corrected chi connectivity index (χ0v) is 26.7. The van der Waals surface area contributed by atoms with E-state index in [-0.39, 0.29) is 59.9 Å². The normalized spacial score (nSPS) is 11.9. The van der Waals surface area contributed by atoms with Gasteiger partial charge in [-0.3, -0.25) is 4.79 Å². The summed E-state index contributed by atoms with van der Waals surface area (Å²) in [4.78, 5) is 28.7. The smallest absolute Gasteiger partial charge is 1.00 e. The minimum atomic E-state index is -0.980. The Labute approximate surface area is 267 Å². The van der Waals surface area contributed by atoms with Crippen molar-refractivity contribution in [2.75, 3.05) is 5.75 Å². The summed E-state index contributed by atoms with van der Waals surface area (Å²) < 4.78 is 6.09. The average molecular weight is 587 g/mol. The molecule has 6 nitrogen and oxygen atoms in total. The van der Waals surface area contributed by atoms with Gasteiger partial charge in [-0.1, -0.05) is 48.0 Å². The molecule has 0 aliphatic heterocycles. The molecule has 1 unspecified atom stereocenters. The molecule has 0 bridgehead atoms. The van der Waals surface area contributed by atoms with E-state index in [0.29, 0.717) is 22.9 Å². The van der Waals surface area contributed by atoms with E-state index in [0.717, 1.165) is 27.7 Å². The number of rotatable bonds is 10. The third-order valence-corrected chi connectivity index (χ3v) is 7.38. The van der Waals surface area contributed by atoms with Crippen LogP contribution in [0.3, 0.4) is 0 Å². The number of amides is 1. The first-order chi connectivity index (χ1) is 18.6. The summed E-state index contributed by atoms with van der Waals surface area (Å²) in [6.45, 7) is 6.14. The molecule has 204 valence electrons. The molecule has 0 saturated carbocycles. The van der Waals surface area contributed by atoms with E-state index in [2.05, 4.69) is 10.3 Å². The van der Waals surface area contributed by atoms with Crippen LogP contribution >= 0.6 is 23.4 Å². The number of carboxylic acid groups (broad SMARTS) is 1. The maximum Gasteiger partial charge on any atom is 1.00 e. The number of ether oxygens (including phenoxy) is 1. The van der Waals surface area contributed by atoms with Gasteiger partial charge in [-0.15, -0.1) is 11.8 Å². The van der Waals surface area contributed by atoms with Gasteiger partial charge in [-0.05, 0) is 74.4 Å². The number of aromatic nitrogens is 1. The van der Waals surface area contributed by atoms with Gasteiger partial charge < -0.3 is 16.6 Å². The minimum absolute atomic E-state index is 0. The number of halogens is 1. The standard InChI is InChI=1S/C31H31ClN2O4S.Na.H/c1-31(2,3)34-28(35)14-15-39-29(21-6-4-8-23(16-21)30(36)37)22-7-5-9-26(17-22)38-19-25-13-11-20-10-12-24(32)18-27(20)33-25;;/h4-13,16-18,29H,14-15,19H2,1-3H3,(H,34,35)(H,36,37);;/q;+1;-1. The van der Waals surface area contributed by atoms with Gasteiger partial charge in [0.15, 0.2) is 0 Å². The number of nitrogens with zero attached hydrogens (tertiary/aromatic N) is 1. The van der Waals surface area contributed by atoms with Gasteiger partial charge in [0.1, 0.15) is 12.4 Å². The quantitative estimate of drug-likeness (QED) is 0.268. The summed E-state index contributed by atoms with van der Waals surface area (Å²) in [7, 11) is 0. The van der Waals surface area contributed by atoms with Crippen molar-refractivity contribution in [2.45, 2.75) is 44.6 Å². The van der Waals surface area contributed by atoms with E-state index < -0.39 is 5.97 Å². The number of nitrogens with one attached hydrogen (secondary N) is 1. The fraction of sp³-hybridized carbons (Fsp3) is 0.258. The molecule has 40 heavy (non-hydrogen) atoms. The molecule has 3 aromatic carbocycles. The van der Waals surface area contributed by atoms with E-state index in [1.807, 2.05) is 81.4 Å². The van der Waals surface area contributed by atoms with Crippen molar-refractivity contribution in [1.29, 1.82) is 0 Å². The summed E-state index contributed by atoms with van der Waals surface area (Å²) in [6.07, 6.45) is 0.352. The van der Waals surface area contributed by atoms with Crippen molar-refractivity contribution >= 4 is 46.1 Å². The van der Waals surface area contributed by atoms with Crippen molar-refractivity contribution in [2.24, 2.45) is 0 Å². The number of fused-ring (bicyclic) bond motifs is 1. The van der Waals surface area contributed by atoms with Crippen molar-refractivity contribution in [1.82, 2.24) is 10.3 Å². The van der Waals surface area contributed by atoms with E-state index in [9.17, 15) is 14.7 Å². The molecule has 4 rings (SSSR count). The maximum absolute atomic E-state index is 12.4. The van der Waals surface area contributed by atoms with Gasteiger partial charge in [0.05, 0.1) is 22.0 Å². The Bertz CT molecular complexity index is 1500. The molecule has 2 N–H and O–H groups in total. The fourth-order valence-corrected chi connectivity index (χ4v) is 5.49. The summed E-state index contributed by atoms with van der Waals surface area (Å²) in [5, 5.41) is 14.0. The van der Waals surface area contributed by atoms with Crippen LogP contribution in [0.2, 0.25) is 5.02 Å². The fourth-order valence-electron chi connectivity index (χ4n) is 4.11. The second-order valence-corrected chi connectivity index (χ2v) is 11.9. The number of benzene rings is 3. The number of thioether (sulfide) groups is 1. The average Bonchev–Trinajstić information content (AvgIpc) is 2.89. The van der Waals surface area contributed by atoms with E-state index >= 15 is 0 Å². The van der Waals surface area contributed by atoms with Crippen LogP contribution in [-0.2, 0) is 11.4 Å². The van der Waals surface area contributed by atoms with Crippen LogP contribution in [0, 0.1) is 0 Å². The Hall–Kier alpha value is -2.55. The molecule has 1 atom stereocenters. The van der Waals surface area contributed by atoms with E-state index in [1.54, 1.807) is 30.0 Å². The number of carbonyl (C=O) groups is 2. The minimum Gasteiger partial charge on any atom is -1.00 e. The summed E-state index contributed by atoms with van der Waals surface area (Å²) >= 11 is 7.72. The van der Waals surface area contributed by atoms with Gasteiger partial charge in [0.25, 0.3) is 0 Å². The van der Waals surface area contributed by atoms with Gasteiger partial charge >= 0.3 is 35.5 Å². The van der Waals surface area contributed by atoms with Crippen molar-refractivity contribution < 1.29 is 50.4 Å². The number of pyridine rings is 1. The zero-order chi connectivity index (χ0) is 28.0. The molecule has 1 amide bonds. The van der Waals surface area contributed by atoms with Crippen LogP contribution < -0.4 is 39.6 Å². The molecule has 9 heteroatoms. The Balaban J connectivity index is 0.00000294. The molecule has 1 heterocycles. The molecule has 0 aliphatic carbocycles. The second-order valence-electron chi connectivity index (χ2n) is 10.2. The summed E-state index contributed by atoms with van der Waals surface area (Å²) in [5.41, 5.74) is 3.31. The number of carbonyl (C=O) groups excluding carboxylic acids is 1. The van der Waals surface area contributed by atoms with Crippen LogP contribution in [0.4, 0.5) is 0 Å². The van der Waals surface area contributed by atoms with Crippen LogP contribution in [-0.4, -0.2) is 33.3 Å². The Morgan fingerprint density at radius 2 is 1.73 bits per heavy atom. The van der Waals surface area contributed by atoms with Crippen LogP contribution in [0.5, 0.6) is 5.75 Å². The molecule has 0 aliphatic rings. The second kappa shape index (κ2) is 14.4. The first kappa shape index (κ1) is 32.0. The number of carboxylic acids is 1. The summed E-state index contributed by atoms with van der Waals surface area (Å²) in [6, 6.07) is 24.2. The largest absolute Gasteiger partial charge is 1.00 e. The molecular weight excluding hydrogens is 555 g/mol. The monoisotopic (exact) mass is 586 g/mol. The third-order valence-electron chi connectivity index (χ3n) is 5.82. The predicted octanol–water partition coefficient (Wildman–Crippen LogP) is 4.41. The summed E-state index contributed by atoms with van der Waals surface area (Å²) in [5.74, 6) is 0.241. The number of aromatic carboxylic acids is 1. The Morgan fingerprint density at radius 3 is 2.45 bits per heavy atom. The van der Waals surface area contributed by atoms with Crippen molar-refractivity contribution in [3.63, 3.8) is 0 Å². The Morgan fingerprint density at radius 1 is 1.02 bits per heavy atom. The zero-order valence-electron chi connectivity index (χ0n) is 24.1. The predicted molar refractivity (Wildman–Crippen MR) is 159 cm³/mol. The van der Waals surface area contributed by atoms with Gasteiger partial charge in [-0.2, -0.15) is 0 Å². The maximum atomic E-state index is 12.4. The van der Waals surface area contributed by atoms with Crippen LogP contribution in [0.25, 0.3) is 10.9 Å². The van der Waals surface area contributed by atoms with Crippen molar-refractivity contribution in [3.05, 3.63) is 106 Å². The first-order valence-electron chi connectivity index (χ1n) is 12.6. The van der Waals surface area contributed by atoms with Gasteiger partial charge in [0, 0.05) is 28.1 Å². The number of hydrogen-bond acceptors (Lipinski definition) is 5. The molecule has 0 fully saturated rings. The number of hydrogen-bond donors (Lipinski definition) is 2. The molecule has 1 aromatic heterocycles. The Kier molecular flexibility index (Phi) is 11.5. The topological polar surface area (TPSA) is 88.5 Å². The first-order valence-corrected chi connectivity index (χ1v) is 14.0. The van der Waals surface area contributed by atoms with Crippen molar-refractivity contribution in [3.8, 4) is 5.75 Å². The molecule has 0 saturated heterocycles. The molecule has 4 aromatic rings. The van der Waals surface area contributed by atoms with Gasteiger partial charge in [0.2, 0.25) is 5.91 Å². The van der Waals surface area contributed by atoms with Crippen LogP contribution in [0.1, 0.15) is 61.0 Å². The molecule has 0 radical (unpaired) electrons. The molecule has 0 spiro atoms. The van der Waals surface area contributed by atoms with Gasteiger partial charge in [-0.25, -0.2) is 9.78 Å². The third kappa shape index (κ3) is 9.25. The van der Waals surface area contributed by atoms with E-state index in [4.69, 9.17) is 16.3 Å². The SMILES string of the molecule is CC(C)(C)NC(=O)CCSC(c1cccc(OCc2ccc3ccc(Cl)cc3n2)c1)c1cccc(C(=O)O)c1.[H-].[Na+].